The van der Waals surface area contributed by atoms with Crippen molar-refractivity contribution in [2.75, 3.05) is 20.2 Å². The van der Waals surface area contributed by atoms with Crippen molar-refractivity contribution in [2.24, 2.45) is 11.8 Å². The summed E-state index contributed by atoms with van der Waals surface area (Å²) in [4.78, 5) is 16.3. The van der Waals surface area contributed by atoms with Crippen molar-refractivity contribution in [3.05, 3.63) is 24.0 Å². The molecule has 4 heteroatoms. The molecule has 1 aromatic rings. The number of hydrogen-bond acceptors (Lipinski definition) is 4. The molecule has 0 saturated carbocycles. The van der Waals surface area contributed by atoms with E-state index in [9.17, 15) is 4.79 Å². The molecule has 0 amide bonds. The largest absolute Gasteiger partial charge is 0.494 e. The van der Waals surface area contributed by atoms with E-state index in [4.69, 9.17) is 4.74 Å². The van der Waals surface area contributed by atoms with Crippen molar-refractivity contribution in [1.82, 2.24) is 10.3 Å². The number of carbonyl (C=O) groups excluding carboxylic acids is 1. The van der Waals surface area contributed by atoms with Gasteiger partial charge in [-0.2, -0.15) is 0 Å². The lowest BCUT2D eigenvalue weighted by molar-refractivity contribution is 0.0845. The Bertz CT molecular complexity index is 388. The summed E-state index contributed by atoms with van der Waals surface area (Å²) in [6.07, 6.45) is 1.63. The fourth-order valence-corrected chi connectivity index (χ4v) is 1.83. The van der Waals surface area contributed by atoms with Gasteiger partial charge < -0.3 is 10.1 Å². The Kier molecular flexibility index (Phi) is 3.19. The standard InChI is InChI=1S/C12H16N2O2/c1-8(9-6-13-7-9)12(15)11-10(16-2)4-3-5-14-11/h3-5,8-9,13H,6-7H2,1-2H3. The maximum Gasteiger partial charge on any atom is 0.188 e. The molecule has 1 aliphatic heterocycles. The molecule has 2 heterocycles. The lowest BCUT2D eigenvalue weighted by Gasteiger charge is -2.31. The van der Waals surface area contributed by atoms with E-state index >= 15 is 0 Å². The first-order valence-electron chi connectivity index (χ1n) is 5.48. The Morgan fingerprint density at radius 3 is 2.94 bits per heavy atom. The number of aromatic nitrogens is 1. The van der Waals surface area contributed by atoms with E-state index in [0.29, 0.717) is 17.4 Å². The van der Waals surface area contributed by atoms with E-state index in [1.54, 1.807) is 25.4 Å². The summed E-state index contributed by atoms with van der Waals surface area (Å²) in [5, 5.41) is 3.17. The molecular formula is C12H16N2O2. The molecule has 0 aliphatic carbocycles. The topological polar surface area (TPSA) is 51.2 Å². The minimum absolute atomic E-state index is 0.00468. The molecule has 1 unspecified atom stereocenters. The van der Waals surface area contributed by atoms with Gasteiger partial charge >= 0.3 is 0 Å². The zero-order valence-corrected chi connectivity index (χ0v) is 9.56. The van der Waals surface area contributed by atoms with Crippen LogP contribution in [0, 0.1) is 11.8 Å². The summed E-state index contributed by atoms with van der Waals surface area (Å²) in [6.45, 7) is 3.80. The molecule has 1 aromatic heterocycles. The Labute approximate surface area is 95.0 Å². The Hall–Kier alpha value is -1.42. The minimum Gasteiger partial charge on any atom is -0.494 e. The SMILES string of the molecule is COc1cccnc1C(=O)C(C)C1CNC1. The number of Topliss-reactive ketones (excluding diaryl/α,β-unsaturated/α-hetero) is 1. The van der Waals surface area contributed by atoms with Crippen LogP contribution in [0.3, 0.4) is 0 Å². The second-order valence-electron chi connectivity index (χ2n) is 4.13. The van der Waals surface area contributed by atoms with Crippen LogP contribution in [0.1, 0.15) is 17.4 Å². The van der Waals surface area contributed by atoms with Gasteiger partial charge in [-0.15, -0.1) is 0 Å². The third-order valence-electron chi connectivity index (χ3n) is 3.16. The van der Waals surface area contributed by atoms with Crippen molar-refractivity contribution in [1.29, 1.82) is 0 Å². The predicted molar refractivity (Wildman–Crippen MR) is 60.6 cm³/mol. The smallest absolute Gasteiger partial charge is 0.188 e. The summed E-state index contributed by atoms with van der Waals surface area (Å²) in [7, 11) is 1.56. The molecule has 2 rings (SSSR count). The van der Waals surface area contributed by atoms with E-state index in [-0.39, 0.29) is 11.7 Å². The summed E-state index contributed by atoms with van der Waals surface area (Å²) in [5.74, 6) is 1.07. The van der Waals surface area contributed by atoms with Gasteiger partial charge in [0, 0.05) is 12.1 Å². The molecule has 1 N–H and O–H groups in total. The van der Waals surface area contributed by atoms with Crippen LogP contribution in [0.4, 0.5) is 0 Å². The molecule has 0 spiro atoms. The molecule has 0 aromatic carbocycles. The average molecular weight is 220 g/mol. The molecule has 0 radical (unpaired) electrons. The van der Waals surface area contributed by atoms with Crippen LogP contribution in [-0.2, 0) is 0 Å². The average Bonchev–Trinajstić information content (AvgIpc) is 2.25. The van der Waals surface area contributed by atoms with Crippen LogP contribution in [0.2, 0.25) is 0 Å². The monoisotopic (exact) mass is 220 g/mol. The fraction of sp³-hybridized carbons (Fsp3) is 0.500. The van der Waals surface area contributed by atoms with Gasteiger partial charge in [0.15, 0.2) is 5.78 Å². The number of ketones is 1. The fourth-order valence-electron chi connectivity index (χ4n) is 1.83. The lowest BCUT2D eigenvalue weighted by Crippen LogP contribution is -2.47. The van der Waals surface area contributed by atoms with Crippen LogP contribution < -0.4 is 10.1 Å². The number of nitrogens with zero attached hydrogens (tertiary/aromatic N) is 1. The molecule has 86 valence electrons. The summed E-state index contributed by atoms with van der Waals surface area (Å²) < 4.78 is 5.15. The first kappa shape index (κ1) is 11.1. The second-order valence-corrected chi connectivity index (χ2v) is 4.13. The zero-order valence-electron chi connectivity index (χ0n) is 9.56. The van der Waals surface area contributed by atoms with Gasteiger partial charge in [0.25, 0.3) is 0 Å². The molecule has 1 saturated heterocycles. The molecule has 1 atom stereocenters. The quantitative estimate of drug-likeness (QED) is 0.773. The number of methoxy groups -OCH3 is 1. The number of hydrogen-bond donors (Lipinski definition) is 1. The Morgan fingerprint density at radius 2 is 2.38 bits per heavy atom. The molecule has 0 bridgehead atoms. The normalized spacial score (nSPS) is 17.6. The third kappa shape index (κ3) is 1.93. The van der Waals surface area contributed by atoms with Gasteiger partial charge in [0.1, 0.15) is 11.4 Å². The molecule has 1 fully saturated rings. The Morgan fingerprint density at radius 1 is 1.62 bits per heavy atom. The van der Waals surface area contributed by atoms with E-state index in [0.717, 1.165) is 13.1 Å². The number of carbonyl (C=O) groups is 1. The van der Waals surface area contributed by atoms with Crippen LogP contribution in [-0.4, -0.2) is 31.0 Å². The van der Waals surface area contributed by atoms with Crippen molar-refractivity contribution in [3.63, 3.8) is 0 Å². The van der Waals surface area contributed by atoms with E-state index in [1.165, 1.54) is 0 Å². The maximum absolute atomic E-state index is 12.2. The van der Waals surface area contributed by atoms with Crippen LogP contribution >= 0.6 is 0 Å². The lowest BCUT2D eigenvalue weighted by atomic mass is 9.84. The third-order valence-corrected chi connectivity index (χ3v) is 3.16. The number of ether oxygens (including phenoxy) is 1. The van der Waals surface area contributed by atoms with Gasteiger partial charge in [-0.05, 0) is 31.1 Å². The van der Waals surface area contributed by atoms with Gasteiger partial charge in [0.2, 0.25) is 0 Å². The van der Waals surface area contributed by atoms with Crippen LogP contribution in [0.15, 0.2) is 18.3 Å². The maximum atomic E-state index is 12.2. The molecular weight excluding hydrogens is 204 g/mol. The number of rotatable bonds is 4. The number of pyridine rings is 1. The van der Waals surface area contributed by atoms with E-state index < -0.39 is 0 Å². The van der Waals surface area contributed by atoms with E-state index in [1.807, 2.05) is 6.92 Å². The highest BCUT2D eigenvalue weighted by molar-refractivity contribution is 5.98. The first-order chi connectivity index (χ1) is 7.74. The molecule has 16 heavy (non-hydrogen) atoms. The summed E-state index contributed by atoms with van der Waals surface area (Å²) in [5.41, 5.74) is 0.449. The summed E-state index contributed by atoms with van der Waals surface area (Å²) >= 11 is 0. The summed E-state index contributed by atoms with van der Waals surface area (Å²) in [6, 6.07) is 3.54. The highest BCUT2D eigenvalue weighted by Crippen LogP contribution is 2.24. The minimum atomic E-state index is 0.00468. The second kappa shape index (κ2) is 4.61. The first-order valence-corrected chi connectivity index (χ1v) is 5.48. The Balaban J connectivity index is 2.19. The highest BCUT2D eigenvalue weighted by atomic mass is 16.5. The van der Waals surface area contributed by atoms with Gasteiger partial charge in [-0.25, -0.2) is 4.98 Å². The molecule has 4 nitrogen and oxygen atoms in total. The van der Waals surface area contributed by atoms with Crippen LogP contribution in [0.25, 0.3) is 0 Å². The van der Waals surface area contributed by atoms with Crippen molar-refractivity contribution < 1.29 is 9.53 Å². The number of nitrogens with one attached hydrogen (secondary N) is 1. The van der Waals surface area contributed by atoms with Crippen LogP contribution in [0.5, 0.6) is 5.75 Å². The highest BCUT2D eigenvalue weighted by Gasteiger charge is 2.31. The van der Waals surface area contributed by atoms with Gasteiger partial charge in [-0.1, -0.05) is 6.92 Å². The van der Waals surface area contributed by atoms with Gasteiger partial charge in [-0.3, -0.25) is 4.79 Å². The predicted octanol–water partition coefficient (Wildman–Crippen LogP) is 1.13. The van der Waals surface area contributed by atoms with Gasteiger partial charge in [0.05, 0.1) is 7.11 Å². The van der Waals surface area contributed by atoms with Crippen molar-refractivity contribution in [3.8, 4) is 5.75 Å². The van der Waals surface area contributed by atoms with Crippen molar-refractivity contribution in [2.45, 2.75) is 6.92 Å². The molecule has 1 aliphatic rings. The zero-order chi connectivity index (χ0) is 11.5. The van der Waals surface area contributed by atoms with E-state index in [2.05, 4.69) is 10.3 Å². The van der Waals surface area contributed by atoms with Crippen molar-refractivity contribution >= 4 is 5.78 Å².